The first-order valence-electron chi connectivity index (χ1n) is 6.03. The number of halogens is 8. The molecule has 2 aromatic rings. The van der Waals surface area contributed by atoms with E-state index in [9.17, 15) is 26.3 Å². The van der Waals surface area contributed by atoms with Gasteiger partial charge in [0.2, 0.25) is 0 Å². The van der Waals surface area contributed by atoms with E-state index >= 15 is 0 Å². The molecule has 2 N–H and O–H groups in total. The Morgan fingerprint density at radius 2 is 0.880 bits per heavy atom. The first kappa shape index (κ1) is 23.9. The zero-order valence-electron chi connectivity index (χ0n) is 12.0. The van der Waals surface area contributed by atoms with Gasteiger partial charge in [0.15, 0.2) is 0 Å². The van der Waals surface area contributed by atoms with Gasteiger partial charge in [0.1, 0.15) is 0 Å². The quantitative estimate of drug-likeness (QED) is 0.280. The fourth-order valence-corrected chi connectivity index (χ4v) is 1.46. The predicted octanol–water partition coefficient (Wildman–Crippen LogP) is 8.15. The average Bonchev–Trinajstić information content (AvgIpc) is 2.47. The van der Waals surface area contributed by atoms with Gasteiger partial charge in [0, 0.05) is 11.1 Å². The summed E-state index contributed by atoms with van der Waals surface area (Å²) in [4.78, 5) is 0. The first-order valence-corrected chi connectivity index (χ1v) is 11.7. The van der Waals surface area contributed by atoms with Crippen molar-refractivity contribution in [1.82, 2.24) is 0 Å². The third kappa shape index (κ3) is 9.23. The summed E-state index contributed by atoms with van der Waals surface area (Å²) in [6.45, 7) is 0. The van der Waals surface area contributed by atoms with E-state index in [1.807, 2.05) is 0 Å². The Bertz CT molecular complexity index is 594. The van der Waals surface area contributed by atoms with Crippen LogP contribution >= 0.6 is 18.8 Å². The molecular formula is C14H10Cl2F6N2Pt. The van der Waals surface area contributed by atoms with Crippen LogP contribution in [0.2, 0.25) is 0 Å². The number of hydrogen-bond donors (Lipinski definition) is 0. The van der Waals surface area contributed by atoms with Gasteiger partial charge in [-0.15, -0.1) is 11.4 Å². The molecule has 0 fully saturated rings. The molecule has 0 radical (unpaired) electrons. The molecule has 2 nitrogen and oxygen atoms in total. The van der Waals surface area contributed by atoms with E-state index in [2.05, 4.69) is 0 Å². The average molecular weight is 586 g/mol. The van der Waals surface area contributed by atoms with Crippen LogP contribution in [0, 0.1) is 0 Å². The van der Waals surface area contributed by atoms with Crippen LogP contribution in [0.5, 0.6) is 0 Å². The normalized spacial score (nSPS) is 11.0. The molecule has 25 heavy (non-hydrogen) atoms. The minimum absolute atomic E-state index is 0.472. The summed E-state index contributed by atoms with van der Waals surface area (Å²) < 4.78 is 71.6. The van der Waals surface area contributed by atoms with E-state index in [0.29, 0.717) is 0 Å². The molecule has 0 atom stereocenters. The van der Waals surface area contributed by atoms with Crippen LogP contribution in [-0.2, 0) is 28.8 Å². The van der Waals surface area contributed by atoms with Gasteiger partial charge in [0.05, 0.1) is 0 Å². The van der Waals surface area contributed by atoms with Crippen LogP contribution in [0.15, 0.2) is 48.5 Å². The van der Waals surface area contributed by atoms with Crippen molar-refractivity contribution in [3.05, 3.63) is 71.1 Å². The maximum Gasteiger partial charge on any atom is 0.415 e. The van der Waals surface area contributed by atoms with Crippen molar-refractivity contribution < 1.29 is 42.8 Å². The molecule has 0 bridgehead atoms. The Morgan fingerprint density at radius 3 is 1.04 bits per heavy atom. The predicted molar refractivity (Wildman–Crippen MR) is 82.6 cm³/mol. The third-order valence-corrected chi connectivity index (χ3v) is 2.46. The minimum Gasteiger partial charge on any atom is -0.698 e. The van der Waals surface area contributed by atoms with Crippen molar-refractivity contribution in [1.29, 1.82) is 0 Å². The van der Waals surface area contributed by atoms with Crippen molar-refractivity contribution in [2.45, 2.75) is 12.4 Å². The molecule has 11 heteroatoms. The molecule has 2 aromatic carbocycles. The number of rotatable bonds is 0. The summed E-state index contributed by atoms with van der Waals surface area (Å²) in [7, 11) is 9.75. The van der Waals surface area contributed by atoms with E-state index in [0.717, 1.165) is 24.3 Å². The van der Waals surface area contributed by atoms with Gasteiger partial charge in [-0.2, -0.15) is 26.3 Å². The Balaban J connectivity index is 0.000000399. The summed E-state index contributed by atoms with van der Waals surface area (Å²) in [6, 6.07) is 9.34. The van der Waals surface area contributed by atoms with E-state index in [1.165, 1.54) is 24.3 Å². The molecule has 0 spiro atoms. The molecule has 0 unspecified atom stereocenters. The van der Waals surface area contributed by atoms with Gasteiger partial charge >= 0.3 is 47.7 Å². The maximum absolute atomic E-state index is 11.9. The summed E-state index contributed by atoms with van der Waals surface area (Å²) >= 11 is -0.472. The Hall–Kier alpha value is -1.11. The topological polar surface area (TPSA) is 47.6 Å². The SMILES string of the molecule is [Cl][Pt+2][Cl].[NH-]c1ccccc1C(F)(F)F.[NH-]c1ccccc1C(F)(F)F. The zero-order valence-corrected chi connectivity index (χ0v) is 15.7. The largest absolute Gasteiger partial charge is 0.698 e. The van der Waals surface area contributed by atoms with Crippen molar-refractivity contribution in [3.8, 4) is 0 Å². The first-order chi connectivity index (χ1) is 11.4. The minimum atomic E-state index is -4.40. The van der Waals surface area contributed by atoms with Crippen molar-refractivity contribution in [2.24, 2.45) is 0 Å². The Morgan fingerprint density at radius 1 is 0.640 bits per heavy atom. The van der Waals surface area contributed by atoms with Crippen molar-refractivity contribution >= 4 is 30.2 Å². The monoisotopic (exact) mass is 585 g/mol. The number of nitrogens with one attached hydrogen (secondary N) is 2. The molecule has 142 valence electrons. The van der Waals surface area contributed by atoms with Crippen LogP contribution in [0.1, 0.15) is 11.1 Å². The van der Waals surface area contributed by atoms with Gasteiger partial charge in [-0.05, 0) is 0 Å². The molecule has 0 aromatic heterocycles. The van der Waals surface area contributed by atoms with E-state index in [1.54, 1.807) is 0 Å². The Labute approximate surface area is 156 Å². The number of benzene rings is 2. The molecule has 0 saturated carbocycles. The van der Waals surface area contributed by atoms with E-state index < -0.39 is 51.3 Å². The van der Waals surface area contributed by atoms with Crippen LogP contribution in [0.3, 0.4) is 0 Å². The standard InChI is InChI=1S/2C7H5F3N.2ClH.Pt/c2*8-7(9,10)5-3-1-2-4-6(5)11;;;/h2*1-4,11H;2*1H;/q2*-1;;;+4/p-2. The molecule has 0 heterocycles. The molecular weight excluding hydrogens is 576 g/mol. The molecule has 0 aliphatic rings. The fourth-order valence-electron chi connectivity index (χ4n) is 1.46. The molecule has 0 saturated heterocycles. The molecule has 0 aliphatic carbocycles. The fraction of sp³-hybridized carbons (Fsp3) is 0.143. The second-order valence-corrected chi connectivity index (χ2v) is 7.41. The Kier molecular flexibility index (Phi) is 10.3. The molecule has 2 rings (SSSR count). The van der Waals surface area contributed by atoms with Gasteiger partial charge in [0.25, 0.3) is 0 Å². The second kappa shape index (κ2) is 10.8. The molecule has 0 aliphatic heterocycles. The summed E-state index contributed by atoms with van der Waals surface area (Å²) in [6.07, 6.45) is -8.81. The van der Waals surface area contributed by atoms with E-state index in [-0.39, 0.29) is 0 Å². The third-order valence-electron chi connectivity index (χ3n) is 2.46. The summed E-state index contributed by atoms with van der Waals surface area (Å²) in [5.41, 5.74) is 11.1. The summed E-state index contributed by atoms with van der Waals surface area (Å²) in [5.74, 6) is 0. The van der Waals surface area contributed by atoms with Gasteiger partial charge in [-0.3, -0.25) is 0 Å². The van der Waals surface area contributed by atoms with Crippen LogP contribution in [-0.4, -0.2) is 0 Å². The van der Waals surface area contributed by atoms with Gasteiger partial charge < -0.3 is 11.5 Å². The molecule has 0 amide bonds. The number of alkyl halides is 6. The summed E-state index contributed by atoms with van der Waals surface area (Å²) in [5, 5.41) is 0. The smallest absolute Gasteiger partial charge is 0.415 e. The number of hydrogen-bond acceptors (Lipinski definition) is 0. The maximum atomic E-state index is 11.9. The van der Waals surface area contributed by atoms with Crippen molar-refractivity contribution in [2.75, 3.05) is 0 Å². The van der Waals surface area contributed by atoms with Gasteiger partial charge in [-0.1, -0.05) is 48.5 Å². The van der Waals surface area contributed by atoms with Crippen LogP contribution in [0.4, 0.5) is 37.7 Å². The van der Waals surface area contributed by atoms with Crippen molar-refractivity contribution in [3.63, 3.8) is 0 Å². The zero-order chi connectivity index (χ0) is 19.7. The van der Waals surface area contributed by atoms with E-state index in [4.69, 9.17) is 30.3 Å². The van der Waals surface area contributed by atoms with Crippen LogP contribution in [0.25, 0.3) is 11.5 Å². The second-order valence-electron chi connectivity index (χ2n) is 4.13. The van der Waals surface area contributed by atoms with Crippen LogP contribution < -0.4 is 0 Å². The van der Waals surface area contributed by atoms with Gasteiger partial charge in [-0.25, -0.2) is 0 Å².